The number of hydrogen-bond acceptors (Lipinski definition) is 5. The molecule has 31 heavy (non-hydrogen) atoms. The Hall–Kier alpha value is -3.26. The van der Waals surface area contributed by atoms with Crippen LogP contribution in [-0.4, -0.2) is 40.8 Å². The molecule has 3 aromatic rings. The maximum atomic E-state index is 12.9. The molecule has 1 unspecified atom stereocenters. The topological polar surface area (TPSA) is 84.9 Å². The number of anilines is 1. The fraction of sp³-hybridized carbons (Fsp3) is 0.261. The second-order valence-corrected chi connectivity index (χ2v) is 8.99. The summed E-state index contributed by atoms with van der Waals surface area (Å²) in [6.45, 7) is 1.84. The number of fused-ring (bicyclic) bond motifs is 1. The molecule has 1 atom stereocenters. The Balaban J connectivity index is 1.85. The molecule has 0 aliphatic rings. The number of ether oxygens (including phenoxy) is 2. The number of amides is 1. The largest absolute Gasteiger partial charge is 0.493 e. The first-order valence-electron chi connectivity index (χ1n) is 9.72. The molecule has 1 N–H and O–H groups in total. The highest BCUT2D eigenvalue weighted by atomic mass is 32.2. The Labute approximate surface area is 182 Å². The standard InChI is InChI=1S/C23H26N2O5S/c1-16(23(26)24-15-18-10-7-9-17-8-5-6-11-20(17)18)25(31(4,27)28)19-12-13-21(29-2)22(14-19)30-3/h5-14,16H,15H2,1-4H3,(H,24,26). The molecule has 3 rings (SSSR count). The van der Waals surface area contributed by atoms with Crippen molar-refractivity contribution in [1.29, 1.82) is 0 Å². The number of carbonyl (C=O) groups is 1. The average molecular weight is 443 g/mol. The molecule has 0 aromatic heterocycles. The second kappa shape index (κ2) is 9.26. The van der Waals surface area contributed by atoms with Gasteiger partial charge in [-0.2, -0.15) is 0 Å². The van der Waals surface area contributed by atoms with Crippen molar-refractivity contribution in [3.63, 3.8) is 0 Å². The van der Waals surface area contributed by atoms with Gasteiger partial charge in [0.2, 0.25) is 15.9 Å². The first-order chi connectivity index (χ1) is 14.8. The Kier molecular flexibility index (Phi) is 6.70. The highest BCUT2D eigenvalue weighted by Gasteiger charge is 2.29. The van der Waals surface area contributed by atoms with Crippen molar-refractivity contribution in [2.75, 3.05) is 24.8 Å². The van der Waals surface area contributed by atoms with Gasteiger partial charge in [0.05, 0.1) is 26.2 Å². The van der Waals surface area contributed by atoms with Crippen molar-refractivity contribution in [2.45, 2.75) is 19.5 Å². The summed E-state index contributed by atoms with van der Waals surface area (Å²) >= 11 is 0. The minimum Gasteiger partial charge on any atom is -0.493 e. The van der Waals surface area contributed by atoms with E-state index in [0.29, 0.717) is 17.2 Å². The second-order valence-electron chi connectivity index (χ2n) is 7.13. The minimum atomic E-state index is -3.75. The van der Waals surface area contributed by atoms with Crippen LogP contribution in [0.25, 0.3) is 10.8 Å². The Bertz CT molecular complexity index is 1190. The van der Waals surface area contributed by atoms with Gasteiger partial charge >= 0.3 is 0 Å². The number of methoxy groups -OCH3 is 2. The van der Waals surface area contributed by atoms with E-state index in [-0.39, 0.29) is 6.54 Å². The van der Waals surface area contributed by atoms with Crippen molar-refractivity contribution in [3.05, 3.63) is 66.2 Å². The molecule has 3 aromatic carbocycles. The molecule has 0 heterocycles. The number of sulfonamides is 1. The highest BCUT2D eigenvalue weighted by molar-refractivity contribution is 7.92. The van der Waals surface area contributed by atoms with Gasteiger partial charge in [-0.3, -0.25) is 9.10 Å². The summed E-state index contributed by atoms with van der Waals surface area (Å²) < 4.78 is 36.7. The summed E-state index contributed by atoms with van der Waals surface area (Å²) in [5.41, 5.74) is 1.27. The molecule has 0 radical (unpaired) electrons. The summed E-state index contributed by atoms with van der Waals surface area (Å²) in [5, 5.41) is 4.98. The number of hydrogen-bond donors (Lipinski definition) is 1. The molecule has 0 fully saturated rings. The van der Waals surface area contributed by atoms with Gasteiger partial charge in [0.25, 0.3) is 0 Å². The van der Waals surface area contributed by atoms with E-state index in [0.717, 1.165) is 26.9 Å². The first kappa shape index (κ1) is 22.4. The Morgan fingerprint density at radius 1 is 1.00 bits per heavy atom. The van der Waals surface area contributed by atoms with Gasteiger partial charge in [0.15, 0.2) is 11.5 Å². The summed E-state index contributed by atoms with van der Waals surface area (Å²) in [5.74, 6) is 0.429. The predicted octanol–water partition coefficient (Wildman–Crippen LogP) is 3.33. The summed E-state index contributed by atoms with van der Waals surface area (Å²) in [6, 6.07) is 17.5. The van der Waals surface area contributed by atoms with Gasteiger partial charge in [-0.1, -0.05) is 42.5 Å². The molecule has 0 aliphatic heterocycles. The number of benzene rings is 3. The lowest BCUT2D eigenvalue weighted by molar-refractivity contribution is -0.122. The lowest BCUT2D eigenvalue weighted by Crippen LogP contribution is -2.47. The van der Waals surface area contributed by atoms with E-state index in [1.807, 2.05) is 42.5 Å². The monoisotopic (exact) mass is 442 g/mol. The lowest BCUT2D eigenvalue weighted by atomic mass is 10.0. The third kappa shape index (κ3) is 4.91. The lowest BCUT2D eigenvalue weighted by Gasteiger charge is -2.28. The zero-order chi connectivity index (χ0) is 22.6. The van der Waals surface area contributed by atoms with Crippen LogP contribution >= 0.6 is 0 Å². The minimum absolute atomic E-state index is 0.286. The zero-order valence-electron chi connectivity index (χ0n) is 18.0. The Morgan fingerprint density at radius 3 is 2.35 bits per heavy atom. The molecule has 1 amide bonds. The van der Waals surface area contributed by atoms with Crippen LogP contribution in [0, 0.1) is 0 Å². The molecule has 164 valence electrons. The van der Waals surface area contributed by atoms with Crippen LogP contribution in [0.2, 0.25) is 0 Å². The fourth-order valence-corrected chi connectivity index (χ4v) is 4.71. The van der Waals surface area contributed by atoms with Crippen molar-refractivity contribution in [2.24, 2.45) is 0 Å². The van der Waals surface area contributed by atoms with Crippen LogP contribution in [0.15, 0.2) is 60.7 Å². The van der Waals surface area contributed by atoms with Gasteiger partial charge in [-0.25, -0.2) is 8.42 Å². The fourth-order valence-electron chi connectivity index (χ4n) is 3.55. The zero-order valence-corrected chi connectivity index (χ0v) is 18.8. The van der Waals surface area contributed by atoms with E-state index in [4.69, 9.17) is 9.47 Å². The molecule has 7 nitrogen and oxygen atoms in total. The molecule has 0 saturated carbocycles. The van der Waals surface area contributed by atoms with Crippen LogP contribution < -0.4 is 19.1 Å². The van der Waals surface area contributed by atoms with E-state index in [2.05, 4.69) is 5.32 Å². The molecule has 8 heteroatoms. The molecule has 0 bridgehead atoms. The van der Waals surface area contributed by atoms with Crippen LogP contribution in [0.1, 0.15) is 12.5 Å². The van der Waals surface area contributed by atoms with Gasteiger partial charge < -0.3 is 14.8 Å². The van der Waals surface area contributed by atoms with Crippen molar-refractivity contribution in [1.82, 2.24) is 5.32 Å². The van der Waals surface area contributed by atoms with Crippen LogP contribution in [-0.2, 0) is 21.4 Å². The van der Waals surface area contributed by atoms with Crippen LogP contribution in [0.4, 0.5) is 5.69 Å². The summed E-state index contributed by atoms with van der Waals surface area (Å²) in [4.78, 5) is 12.9. The van der Waals surface area contributed by atoms with Gasteiger partial charge in [-0.15, -0.1) is 0 Å². The molecule has 0 saturated heterocycles. The van der Waals surface area contributed by atoms with E-state index in [1.165, 1.54) is 20.3 Å². The van der Waals surface area contributed by atoms with Crippen molar-refractivity contribution < 1.29 is 22.7 Å². The van der Waals surface area contributed by atoms with E-state index in [1.54, 1.807) is 19.1 Å². The number of nitrogens with one attached hydrogen (secondary N) is 1. The van der Waals surface area contributed by atoms with Gasteiger partial charge in [0, 0.05) is 12.6 Å². The SMILES string of the molecule is COc1ccc(N(C(C)C(=O)NCc2cccc3ccccc23)S(C)(=O)=O)cc1OC. The molecule has 0 aliphatic carbocycles. The highest BCUT2D eigenvalue weighted by Crippen LogP contribution is 2.33. The molecular formula is C23H26N2O5S. The van der Waals surface area contributed by atoms with Gasteiger partial charge in [0.1, 0.15) is 6.04 Å². The maximum absolute atomic E-state index is 12.9. The van der Waals surface area contributed by atoms with Gasteiger partial charge in [-0.05, 0) is 35.4 Å². The Morgan fingerprint density at radius 2 is 1.68 bits per heavy atom. The van der Waals surface area contributed by atoms with E-state index < -0.39 is 22.0 Å². The van der Waals surface area contributed by atoms with Crippen molar-refractivity contribution >= 4 is 32.4 Å². The molecular weight excluding hydrogens is 416 g/mol. The van der Waals surface area contributed by atoms with Crippen molar-refractivity contribution in [3.8, 4) is 11.5 Å². The molecule has 0 spiro atoms. The van der Waals surface area contributed by atoms with E-state index in [9.17, 15) is 13.2 Å². The van der Waals surface area contributed by atoms with Crippen LogP contribution in [0.3, 0.4) is 0 Å². The quantitative estimate of drug-likeness (QED) is 0.578. The number of nitrogens with zero attached hydrogens (tertiary/aromatic N) is 1. The maximum Gasteiger partial charge on any atom is 0.243 e. The normalized spacial score (nSPS) is 12.3. The number of rotatable bonds is 8. The summed E-state index contributed by atoms with van der Waals surface area (Å²) in [6.07, 6.45) is 1.07. The summed E-state index contributed by atoms with van der Waals surface area (Å²) in [7, 11) is -0.788. The first-order valence-corrected chi connectivity index (χ1v) is 11.6. The third-order valence-electron chi connectivity index (χ3n) is 5.04. The number of carbonyl (C=O) groups excluding carboxylic acids is 1. The smallest absolute Gasteiger partial charge is 0.243 e. The average Bonchev–Trinajstić information content (AvgIpc) is 2.76. The predicted molar refractivity (Wildman–Crippen MR) is 122 cm³/mol. The third-order valence-corrected chi connectivity index (χ3v) is 6.28. The van der Waals surface area contributed by atoms with Crippen LogP contribution in [0.5, 0.6) is 11.5 Å². The van der Waals surface area contributed by atoms with E-state index >= 15 is 0 Å².